The molecule has 220 valence electrons. The number of ether oxygens (including phenoxy) is 1. The predicted molar refractivity (Wildman–Crippen MR) is 163 cm³/mol. The van der Waals surface area contributed by atoms with Crippen LogP contribution in [0.5, 0.6) is 5.75 Å². The first kappa shape index (κ1) is 31.7. The van der Waals surface area contributed by atoms with Crippen LogP contribution in [-0.4, -0.2) is 56.6 Å². The van der Waals surface area contributed by atoms with Crippen molar-refractivity contribution in [2.24, 2.45) is 0 Å². The summed E-state index contributed by atoms with van der Waals surface area (Å²) in [6, 6.07) is 21.4. The average Bonchev–Trinajstić information content (AvgIpc) is 2.88. The molecular formula is C32H41N3O5S. The number of carbonyl (C=O) groups is 2. The van der Waals surface area contributed by atoms with Crippen molar-refractivity contribution in [2.75, 3.05) is 24.2 Å². The van der Waals surface area contributed by atoms with E-state index in [2.05, 4.69) is 5.32 Å². The molecule has 0 fully saturated rings. The third-order valence-electron chi connectivity index (χ3n) is 6.49. The van der Waals surface area contributed by atoms with Gasteiger partial charge >= 0.3 is 0 Å². The Kier molecular flexibility index (Phi) is 10.2. The Morgan fingerprint density at radius 3 is 2.12 bits per heavy atom. The van der Waals surface area contributed by atoms with E-state index in [0.717, 1.165) is 32.8 Å². The summed E-state index contributed by atoms with van der Waals surface area (Å²) in [4.78, 5) is 29.5. The molecule has 2 amide bonds. The number of hydrogen-bond donors (Lipinski definition) is 1. The van der Waals surface area contributed by atoms with Crippen LogP contribution in [0.2, 0.25) is 0 Å². The van der Waals surface area contributed by atoms with Crippen LogP contribution in [0, 0.1) is 13.8 Å². The minimum atomic E-state index is -3.90. The van der Waals surface area contributed by atoms with Gasteiger partial charge in [-0.05, 0) is 63.4 Å². The zero-order chi connectivity index (χ0) is 30.4. The maximum absolute atomic E-state index is 14.2. The molecule has 0 unspecified atom stereocenters. The Morgan fingerprint density at radius 2 is 1.54 bits per heavy atom. The Hall–Kier alpha value is -3.85. The number of benzene rings is 3. The van der Waals surface area contributed by atoms with E-state index in [1.54, 1.807) is 18.2 Å². The van der Waals surface area contributed by atoms with E-state index in [9.17, 15) is 18.0 Å². The van der Waals surface area contributed by atoms with Gasteiger partial charge in [0.1, 0.15) is 18.3 Å². The lowest BCUT2D eigenvalue weighted by molar-refractivity contribution is -0.140. The maximum Gasteiger partial charge on any atom is 0.244 e. The Bertz CT molecular complexity index is 1470. The van der Waals surface area contributed by atoms with E-state index in [0.29, 0.717) is 5.75 Å². The Balaban J connectivity index is 2.12. The summed E-state index contributed by atoms with van der Waals surface area (Å²) in [6.07, 6.45) is 1.31. The number of aryl methyl sites for hydroxylation is 2. The summed E-state index contributed by atoms with van der Waals surface area (Å²) >= 11 is 0. The lowest BCUT2D eigenvalue weighted by Crippen LogP contribution is -2.56. The third-order valence-corrected chi connectivity index (χ3v) is 7.61. The van der Waals surface area contributed by atoms with Gasteiger partial charge in [0.25, 0.3) is 0 Å². The van der Waals surface area contributed by atoms with Gasteiger partial charge in [-0.2, -0.15) is 0 Å². The molecule has 1 atom stereocenters. The van der Waals surface area contributed by atoms with Crippen LogP contribution in [0.3, 0.4) is 0 Å². The quantitative estimate of drug-likeness (QED) is 0.357. The van der Waals surface area contributed by atoms with E-state index < -0.39 is 34.1 Å². The van der Waals surface area contributed by atoms with Crippen molar-refractivity contribution in [1.82, 2.24) is 10.2 Å². The minimum Gasteiger partial charge on any atom is -0.495 e. The normalized spacial score (nSPS) is 12.4. The molecule has 0 aliphatic heterocycles. The second kappa shape index (κ2) is 13.2. The van der Waals surface area contributed by atoms with E-state index >= 15 is 0 Å². The molecule has 0 spiro atoms. The van der Waals surface area contributed by atoms with Gasteiger partial charge in [0, 0.05) is 18.5 Å². The molecule has 0 saturated carbocycles. The highest BCUT2D eigenvalue weighted by molar-refractivity contribution is 7.92. The Labute approximate surface area is 244 Å². The van der Waals surface area contributed by atoms with Gasteiger partial charge < -0.3 is 15.0 Å². The molecule has 0 aliphatic rings. The smallest absolute Gasteiger partial charge is 0.244 e. The van der Waals surface area contributed by atoms with Crippen LogP contribution in [0.25, 0.3) is 0 Å². The standard InChI is InChI=1S/C32H41N3O5S/c1-23-12-11-15-26(18-23)21-34(28(31(37)33-32(3,4)5)20-25-13-9-8-10-14-25)30(36)22-35(41(7,38)39)27-19-24(2)16-17-29(27)40-6/h8-19,28H,20-22H2,1-7H3,(H,33,37)/t28-/m1/s1. The summed E-state index contributed by atoms with van der Waals surface area (Å²) in [5, 5.41) is 3.03. The van der Waals surface area contributed by atoms with Crippen molar-refractivity contribution in [2.45, 2.75) is 59.2 Å². The highest BCUT2D eigenvalue weighted by atomic mass is 32.2. The molecule has 0 heterocycles. The maximum atomic E-state index is 14.2. The van der Waals surface area contributed by atoms with Gasteiger partial charge in [-0.25, -0.2) is 8.42 Å². The number of nitrogens with one attached hydrogen (secondary N) is 1. The van der Waals surface area contributed by atoms with Crippen molar-refractivity contribution in [3.63, 3.8) is 0 Å². The van der Waals surface area contributed by atoms with Crippen LogP contribution in [0.15, 0.2) is 72.8 Å². The topological polar surface area (TPSA) is 96.0 Å². The highest BCUT2D eigenvalue weighted by Crippen LogP contribution is 2.31. The Morgan fingerprint density at radius 1 is 0.902 bits per heavy atom. The second-order valence-corrected chi connectivity index (χ2v) is 13.3. The zero-order valence-corrected chi connectivity index (χ0v) is 25.8. The molecule has 8 nitrogen and oxygen atoms in total. The number of amides is 2. The van der Waals surface area contributed by atoms with E-state index in [1.165, 1.54) is 12.0 Å². The number of methoxy groups -OCH3 is 1. The van der Waals surface area contributed by atoms with Gasteiger partial charge in [-0.1, -0.05) is 66.2 Å². The van der Waals surface area contributed by atoms with Gasteiger partial charge in [0.2, 0.25) is 21.8 Å². The average molecular weight is 580 g/mol. The van der Waals surface area contributed by atoms with Crippen molar-refractivity contribution in [1.29, 1.82) is 0 Å². The highest BCUT2D eigenvalue weighted by Gasteiger charge is 2.35. The van der Waals surface area contributed by atoms with Gasteiger partial charge in [0.15, 0.2) is 0 Å². The fourth-order valence-corrected chi connectivity index (χ4v) is 5.45. The van der Waals surface area contributed by atoms with Crippen molar-refractivity contribution >= 4 is 27.5 Å². The first-order valence-corrected chi connectivity index (χ1v) is 15.4. The fourth-order valence-electron chi connectivity index (χ4n) is 4.60. The second-order valence-electron chi connectivity index (χ2n) is 11.4. The zero-order valence-electron chi connectivity index (χ0n) is 25.0. The molecule has 0 aromatic heterocycles. The molecule has 0 aliphatic carbocycles. The number of nitrogens with zero attached hydrogens (tertiary/aromatic N) is 2. The number of hydrogen-bond acceptors (Lipinski definition) is 5. The van der Waals surface area contributed by atoms with Crippen LogP contribution in [0.4, 0.5) is 5.69 Å². The van der Waals surface area contributed by atoms with Crippen molar-refractivity contribution in [3.8, 4) is 5.75 Å². The molecule has 3 rings (SSSR count). The lowest BCUT2D eigenvalue weighted by atomic mass is 10.0. The monoisotopic (exact) mass is 579 g/mol. The van der Waals surface area contributed by atoms with Crippen LogP contribution in [0.1, 0.15) is 43.0 Å². The molecule has 0 bridgehead atoms. The van der Waals surface area contributed by atoms with Crippen molar-refractivity contribution < 1.29 is 22.7 Å². The van der Waals surface area contributed by atoms with Gasteiger partial charge in [0.05, 0.1) is 19.1 Å². The summed E-state index contributed by atoms with van der Waals surface area (Å²) in [5.74, 6) is -0.503. The molecule has 3 aromatic carbocycles. The molecule has 0 radical (unpaired) electrons. The molecule has 41 heavy (non-hydrogen) atoms. The third kappa shape index (κ3) is 9.08. The first-order chi connectivity index (χ1) is 19.2. The van der Waals surface area contributed by atoms with Gasteiger partial charge in [-0.15, -0.1) is 0 Å². The van der Waals surface area contributed by atoms with E-state index in [4.69, 9.17) is 4.74 Å². The summed E-state index contributed by atoms with van der Waals surface area (Å²) in [7, 11) is -2.45. The van der Waals surface area contributed by atoms with Gasteiger partial charge in [-0.3, -0.25) is 13.9 Å². The predicted octanol–water partition coefficient (Wildman–Crippen LogP) is 4.63. The number of rotatable bonds is 11. The van der Waals surface area contributed by atoms with Crippen LogP contribution < -0.4 is 14.4 Å². The number of carbonyl (C=O) groups excluding carboxylic acids is 2. The molecular weight excluding hydrogens is 538 g/mol. The first-order valence-electron chi connectivity index (χ1n) is 13.5. The fraction of sp³-hybridized carbons (Fsp3) is 0.375. The van der Waals surface area contributed by atoms with E-state index in [-0.39, 0.29) is 24.6 Å². The summed E-state index contributed by atoms with van der Waals surface area (Å²) < 4.78 is 32.6. The van der Waals surface area contributed by atoms with Crippen LogP contribution >= 0.6 is 0 Å². The number of sulfonamides is 1. The number of anilines is 1. The van der Waals surface area contributed by atoms with Crippen molar-refractivity contribution in [3.05, 3.63) is 95.1 Å². The molecule has 0 saturated heterocycles. The molecule has 3 aromatic rings. The summed E-state index contributed by atoms with van der Waals surface area (Å²) in [5.41, 5.74) is 3.25. The molecule has 9 heteroatoms. The largest absolute Gasteiger partial charge is 0.495 e. The molecule has 1 N–H and O–H groups in total. The van der Waals surface area contributed by atoms with E-state index in [1.807, 2.05) is 89.2 Å². The minimum absolute atomic E-state index is 0.123. The summed E-state index contributed by atoms with van der Waals surface area (Å²) in [6.45, 7) is 9.06. The SMILES string of the molecule is COc1ccc(C)cc1N(CC(=O)N(Cc1cccc(C)c1)[C@H](Cc1ccccc1)C(=O)NC(C)(C)C)S(C)(=O)=O. The lowest BCUT2D eigenvalue weighted by Gasteiger charge is -2.35. The van der Waals surface area contributed by atoms with Crippen LogP contribution in [-0.2, 0) is 32.6 Å².